The molecule has 0 atom stereocenters. The molecule has 0 bridgehead atoms. The van der Waals surface area contributed by atoms with Crippen molar-refractivity contribution in [1.29, 1.82) is 0 Å². The molecule has 1 aliphatic carbocycles. The predicted octanol–water partition coefficient (Wildman–Crippen LogP) is 2.54. The largest absolute Gasteiger partial charge is 0.384 e. The Hall–Kier alpha value is -2.10. The number of nitrogen functional groups attached to an aromatic ring is 1. The van der Waals surface area contributed by atoms with Gasteiger partial charge in [0.1, 0.15) is 17.5 Å². The summed E-state index contributed by atoms with van der Waals surface area (Å²) in [6.07, 6.45) is 4.54. The molecule has 1 aromatic carbocycles. The number of rotatable bonds is 2. The van der Waals surface area contributed by atoms with Gasteiger partial charge in [0.15, 0.2) is 0 Å². The van der Waals surface area contributed by atoms with Crippen molar-refractivity contribution in [3.8, 4) is 0 Å². The molecule has 2 N–H and O–H groups in total. The molecule has 2 aliphatic rings. The van der Waals surface area contributed by atoms with Crippen LogP contribution in [0.3, 0.4) is 0 Å². The van der Waals surface area contributed by atoms with E-state index in [-0.39, 0.29) is 0 Å². The van der Waals surface area contributed by atoms with E-state index in [1.165, 1.54) is 24.0 Å². The van der Waals surface area contributed by atoms with Crippen LogP contribution < -0.4 is 10.6 Å². The van der Waals surface area contributed by atoms with Crippen molar-refractivity contribution in [3.05, 3.63) is 47.3 Å². The molecular formula is C17H20N4. The van der Waals surface area contributed by atoms with Gasteiger partial charge in [0.05, 0.1) is 0 Å². The summed E-state index contributed by atoms with van der Waals surface area (Å²) in [5.41, 5.74) is 8.90. The van der Waals surface area contributed by atoms with Crippen LogP contribution in [0.5, 0.6) is 0 Å². The Morgan fingerprint density at radius 2 is 1.67 bits per heavy atom. The van der Waals surface area contributed by atoms with Crippen LogP contribution in [0.25, 0.3) is 0 Å². The number of anilines is 2. The van der Waals surface area contributed by atoms with E-state index in [1.807, 2.05) is 6.07 Å². The maximum atomic E-state index is 5.98. The lowest BCUT2D eigenvalue weighted by Gasteiger charge is -2.22. The summed E-state index contributed by atoms with van der Waals surface area (Å²) >= 11 is 0. The number of nitrogens with zero attached hydrogens (tertiary/aromatic N) is 3. The molecule has 1 aliphatic heterocycles. The molecule has 4 nitrogen and oxygen atoms in total. The van der Waals surface area contributed by atoms with E-state index in [0.717, 1.165) is 37.6 Å². The number of hydrogen-bond donors (Lipinski definition) is 1. The Morgan fingerprint density at radius 1 is 1.00 bits per heavy atom. The first-order chi connectivity index (χ1) is 10.3. The summed E-state index contributed by atoms with van der Waals surface area (Å²) in [4.78, 5) is 11.5. The van der Waals surface area contributed by atoms with Gasteiger partial charge >= 0.3 is 0 Å². The zero-order valence-electron chi connectivity index (χ0n) is 12.1. The van der Waals surface area contributed by atoms with Crippen LogP contribution in [-0.2, 0) is 12.8 Å². The molecular weight excluding hydrogens is 260 g/mol. The second-order valence-electron chi connectivity index (χ2n) is 6.04. The maximum absolute atomic E-state index is 5.98. The van der Waals surface area contributed by atoms with Crippen molar-refractivity contribution >= 4 is 11.6 Å². The summed E-state index contributed by atoms with van der Waals surface area (Å²) in [6, 6.07) is 10.7. The fourth-order valence-electron chi connectivity index (χ4n) is 3.05. The van der Waals surface area contributed by atoms with E-state index in [4.69, 9.17) is 10.7 Å². The number of nitrogens with two attached hydrogens (primary N) is 1. The third-order valence-electron chi connectivity index (χ3n) is 4.44. The topological polar surface area (TPSA) is 55.0 Å². The first kappa shape index (κ1) is 12.6. The summed E-state index contributed by atoms with van der Waals surface area (Å²) < 4.78 is 0. The van der Waals surface area contributed by atoms with E-state index < -0.39 is 0 Å². The van der Waals surface area contributed by atoms with Gasteiger partial charge in [0.25, 0.3) is 0 Å². The summed E-state index contributed by atoms with van der Waals surface area (Å²) in [5.74, 6) is 3.07. The van der Waals surface area contributed by atoms with E-state index in [1.54, 1.807) is 0 Å². The van der Waals surface area contributed by atoms with E-state index >= 15 is 0 Å². The van der Waals surface area contributed by atoms with Gasteiger partial charge in [-0.1, -0.05) is 24.3 Å². The number of aromatic nitrogens is 2. The fourth-order valence-corrected chi connectivity index (χ4v) is 3.05. The van der Waals surface area contributed by atoms with Gasteiger partial charge in [-0.15, -0.1) is 0 Å². The molecule has 4 rings (SSSR count). The highest BCUT2D eigenvalue weighted by Gasteiger charge is 2.28. The summed E-state index contributed by atoms with van der Waals surface area (Å²) in [7, 11) is 0. The predicted molar refractivity (Wildman–Crippen MR) is 84.5 cm³/mol. The molecule has 2 aromatic rings. The van der Waals surface area contributed by atoms with Crippen LogP contribution in [0.15, 0.2) is 30.3 Å². The van der Waals surface area contributed by atoms with E-state index in [9.17, 15) is 0 Å². The van der Waals surface area contributed by atoms with Crippen molar-refractivity contribution in [2.24, 2.45) is 0 Å². The quantitative estimate of drug-likeness (QED) is 0.918. The lowest BCUT2D eigenvalue weighted by Crippen LogP contribution is -2.27. The number of hydrogen-bond acceptors (Lipinski definition) is 4. The molecule has 21 heavy (non-hydrogen) atoms. The van der Waals surface area contributed by atoms with Crippen molar-refractivity contribution < 1.29 is 0 Å². The Morgan fingerprint density at radius 3 is 2.29 bits per heavy atom. The molecule has 2 heterocycles. The van der Waals surface area contributed by atoms with Gasteiger partial charge in [-0.05, 0) is 36.8 Å². The SMILES string of the molecule is Nc1cc(N2CCc3ccccc3CC2)nc(C2CC2)n1. The molecule has 1 fully saturated rings. The van der Waals surface area contributed by atoms with Gasteiger partial charge in [0, 0.05) is 25.1 Å². The number of fused-ring (bicyclic) bond motifs is 1. The minimum Gasteiger partial charge on any atom is -0.384 e. The zero-order chi connectivity index (χ0) is 14.2. The molecule has 0 amide bonds. The lowest BCUT2D eigenvalue weighted by atomic mass is 10.0. The third-order valence-corrected chi connectivity index (χ3v) is 4.44. The molecule has 108 valence electrons. The van der Waals surface area contributed by atoms with Gasteiger partial charge in [-0.2, -0.15) is 0 Å². The van der Waals surface area contributed by atoms with Gasteiger partial charge in [-0.25, -0.2) is 9.97 Å². The highest BCUT2D eigenvalue weighted by Crippen LogP contribution is 2.39. The standard InChI is InChI=1S/C17H20N4/c18-15-11-16(20-17(19-15)14-5-6-14)21-9-7-12-3-1-2-4-13(12)8-10-21/h1-4,11,14H,5-10H2,(H2,18,19,20). The Kier molecular flexibility index (Phi) is 3.02. The maximum Gasteiger partial charge on any atom is 0.136 e. The Bertz CT molecular complexity index is 637. The highest BCUT2D eigenvalue weighted by molar-refractivity contribution is 5.49. The Balaban J connectivity index is 1.60. The molecule has 4 heteroatoms. The molecule has 1 aromatic heterocycles. The van der Waals surface area contributed by atoms with Crippen LogP contribution in [0, 0.1) is 0 Å². The van der Waals surface area contributed by atoms with Crippen molar-refractivity contribution in [2.75, 3.05) is 23.7 Å². The van der Waals surface area contributed by atoms with Crippen molar-refractivity contribution in [3.63, 3.8) is 0 Å². The minimum atomic E-state index is 0.538. The molecule has 0 spiro atoms. The van der Waals surface area contributed by atoms with Crippen LogP contribution in [0.1, 0.15) is 35.7 Å². The second kappa shape index (κ2) is 5.02. The van der Waals surface area contributed by atoms with E-state index in [2.05, 4.69) is 34.1 Å². The first-order valence-electron chi connectivity index (χ1n) is 7.76. The average molecular weight is 280 g/mol. The number of benzene rings is 1. The minimum absolute atomic E-state index is 0.538. The normalized spacial score (nSPS) is 18.2. The van der Waals surface area contributed by atoms with Crippen molar-refractivity contribution in [2.45, 2.75) is 31.6 Å². The average Bonchev–Trinajstić information content (AvgIpc) is 3.33. The third kappa shape index (κ3) is 2.58. The zero-order valence-corrected chi connectivity index (χ0v) is 12.1. The van der Waals surface area contributed by atoms with Gasteiger partial charge in [0.2, 0.25) is 0 Å². The molecule has 1 saturated carbocycles. The van der Waals surface area contributed by atoms with E-state index in [0.29, 0.717) is 11.7 Å². The van der Waals surface area contributed by atoms with Gasteiger partial charge in [-0.3, -0.25) is 0 Å². The van der Waals surface area contributed by atoms with Crippen LogP contribution in [-0.4, -0.2) is 23.1 Å². The summed E-state index contributed by atoms with van der Waals surface area (Å²) in [5, 5.41) is 0. The smallest absolute Gasteiger partial charge is 0.136 e. The Labute approximate surface area is 125 Å². The van der Waals surface area contributed by atoms with Gasteiger partial charge < -0.3 is 10.6 Å². The van der Waals surface area contributed by atoms with Crippen LogP contribution in [0.2, 0.25) is 0 Å². The van der Waals surface area contributed by atoms with Crippen molar-refractivity contribution in [1.82, 2.24) is 9.97 Å². The summed E-state index contributed by atoms with van der Waals surface area (Å²) in [6.45, 7) is 2.00. The first-order valence-corrected chi connectivity index (χ1v) is 7.76. The monoisotopic (exact) mass is 280 g/mol. The van der Waals surface area contributed by atoms with Crippen LogP contribution >= 0.6 is 0 Å². The molecule has 0 radical (unpaired) electrons. The lowest BCUT2D eigenvalue weighted by molar-refractivity contribution is 0.778. The van der Waals surface area contributed by atoms with Crippen LogP contribution in [0.4, 0.5) is 11.6 Å². The highest BCUT2D eigenvalue weighted by atomic mass is 15.2. The molecule has 0 unspecified atom stereocenters. The molecule has 0 saturated heterocycles. The fraction of sp³-hybridized carbons (Fsp3) is 0.412. The second-order valence-corrected chi connectivity index (χ2v) is 6.04.